The lowest BCUT2D eigenvalue weighted by Gasteiger charge is -2.12. The summed E-state index contributed by atoms with van der Waals surface area (Å²) in [4.78, 5) is 25.0. The Morgan fingerprint density at radius 1 is 1.13 bits per heavy atom. The summed E-state index contributed by atoms with van der Waals surface area (Å²) in [6.07, 6.45) is 0.802. The van der Waals surface area contributed by atoms with E-state index in [1.54, 1.807) is 23.3 Å². The number of ether oxygens (including phenoxy) is 1. The third kappa shape index (κ3) is 4.78. The lowest BCUT2D eigenvalue weighted by atomic mass is 10.2. The van der Waals surface area contributed by atoms with Gasteiger partial charge in [-0.2, -0.15) is 0 Å². The Kier molecular flexibility index (Phi) is 6.04. The van der Waals surface area contributed by atoms with Crippen LogP contribution >= 0.6 is 11.3 Å². The van der Waals surface area contributed by atoms with Crippen LogP contribution in [0.25, 0.3) is 10.2 Å². The highest BCUT2D eigenvalue weighted by Crippen LogP contribution is 2.25. The zero-order chi connectivity index (χ0) is 21.8. The molecule has 0 aliphatic carbocycles. The van der Waals surface area contributed by atoms with Crippen LogP contribution in [0.15, 0.2) is 66.0 Å². The SMILES string of the molecule is CN(C=O)Cc1ccc(OCc2cccc(NC(=O)c3cc4sccc4n3C)c2)cc1. The first-order chi connectivity index (χ1) is 15.0. The van der Waals surface area contributed by atoms with Crippen LogP contribution in [-0.4, -0.2) is 28.8 Å². The number of thiophene rings is 1. The van der Waals surface area contributed by atoms with Gasteiger partial charge < -0.3 is 19.5 Å². The molecule has 1 N–H and O–H groups in total. The molecule has 0 aliphatic rings. The Balaban J connectivity index is 1.38. The normalized spacial score (nSPS) is 10.8. The smallest absolute Gasteiger partial charge is 0.272 e. The minimum Gasteiger partial charge on any atom is -0.489 e. The van der Waals surface area contributed by atoms with Gasteiger partial charge in [0.1, 0.15) is 18.1 Å². The van der Waals surface area contributed by atoms with Crippen molar-refractivity contribution in [2.75, 3.05) is 12.4 Å². The molecule has 158 valence electrons. The van der Waals surface area contributed by atoms with Gasteiger partial charge >= 0.3 is 0 Å². The minimum absolute atomic E-state index is 0.139. The molecule has 6 nitrogen and oxygen atoms in total. The summed E-state index contributed by atoms with van der Waals surface area (Å²) in [7, 11) is 3.64. The summed E-state index contributed by atoms with van der Waals surface area (Å²) in [5.74, 6) is 0.607. The molecule has 0 unspecified atom stereocenters. The number of hydrogen-bond donors (Lipinski definition) is 1. The van der Waals surface area contributed by atoms with Crippen molar-refractivity contribution in [2.24, 2.45) is 7.05 Å². The zero-order valence-electron chi connectivity index (χ0n) is 17.4. The first kappa shape index (κ1) is 20.7. The van der Waals surface area contributed by atoms with Crippen molar-refractivity contribution in [3.63, 3.8) is 0 Å². The van der Waals surface area contributed by atoms with Crippen molar-refractivity contribution in [3.05, 3.63) is 82.9 Å². The van der Waals surface area contributed by atoms with Gasteiger partial charge in [-0.05, 0) is 52.9 Å². The highest BCUT2D eigenvalue weighted by molar-refractivity contribution is 7.17. The maximum absolute atomic E-state index is 12.7. The Labute approximate surface area is 184 Å². The van der Waals surface area contributed by atoms with E-state index in [1.165, 1.54) is 0 Å². The van der Waals surface area contributed by atoms with Crippen LogP contribution in [0, 0.1) is 0 Å². The quantitative estimate of drug-likeness (QED) is 0.411. The number of benzene rings is 2. The van der Waals surface area contributed by atoms with Gasteiger partial charge in [-0.15, -0.1) is 11.3 Å². The molecule has 4 aromatic rings. The lowest BCUT2D eigenvalue weighted by Crippen LogP contribution is -2.15. The van der Waals surface area contributed by atoms with Crippen LogP contribution in [-0.2, 0) is 25.0 Å². The molecule has 7 heteroatoms. The van der Waals surface area contributed by atoms with Crippen LogP contribution in [0.5, 0.6) is 5.75 Å². The molecule has 0 spiro atoms. The summed E-state index contributed by atoms with van der Waals surface area (Å²) in [5, 5.41) is 5.00. The van der Waals surface area contributed by atoms with Gasteiger partial charge in [0.25, 0.3) is 5.91 Å². The summed E-state index contributed by atoms with van der Waals surface area (Å²) in [6.45, 7) is 0.946. The van der Waals surface area contributed by atoms with E-state index in [-0.39, 0.29) is 5.91 Å². The van der Waals surface area contributed by atoms with Crippen LogP contribution in [0.1, 0.15) is 21.6 Å². The van der Waals surface area contributed by atoms with E-state index in [1.807, 2.05) is 77.7 Å². The van der Waals surface area contributed by atoms with Gasteiger partial charge in [-0.25, -0.2) is 0 Å². The summed E-state index contributed by atoms with van der Waals surface area (Å²) in [6, 6.07) is 19.2. The Bertz CT molecular complexity index is 1210. The molecule has 2 amide bonds. The van der Waals surface area contributed by atoms with E-state index in [2.05, 4.69) is 5.32 Å². The molecule has 4 rings (SSSR count). The number of amides is 2. The Morgan fingerprint density at radius 2 is 1.94 bits per heavy atom. The van der Waals surface area contributed by atoms with Crippen molar-refractivity contribution in [3.8, 4) is 5.75 Å². The summed E-state index contributed by atoms with van der Waals surface area (Å²) in [5.41, 5.74) is 4.40. The number of anilines is 1. The third-order valence-corrected chi connectivity index (χ3v) is 5.88. The average Bonchev–Trinajstić information content (AvgIpc) is 3.36. The molecule has 2 heterocycles. The second-order valence-electron chi connectivity index (χ2n) is 7.37. The molecule has 0 saturated carbocycles. The Morgan fingerprint density at radius 3 is 2.68 bits per heavy atom. The Hall–Kier alpha value is -3.58. The predicted octanol–water partition coefficient (Wildman–Crippen LogP) is 4.66. The molecular formula is C24H23N3O3S. The highest BCUT2D eigenvalue weighted by atomic mass is 32.1. The van der Waals surface area contributed by atoms with Crippen molar-refractivity contribution in [1.29, 1.82) is 0 Å². The molecule has 0 radical (unpaired) electrons. The second kappa shape index (κ2) is 9.06. The van der Waals surface area contributed by atoms with E-state index in [9.17, 15) is 9.59 Å². The van der Waals surface area contributed by atoms with E-state index in [0.29, 0.717) is 18.8 Å². The number of hydrogen-bond acceptors (Lipinski definition) is 4. The molecule has 0 bridgehead atoms. The van der Waals surface area contributed by atoms with Crippen LogP contribution in [0.2, 0.25) is 0 Å². The fourth-order valence-corrected chi connectivity index (χ4v) is 4.23. The van der Waals surface area contributed by atoms with Crippen LogP contribution in [0.3, 0.4) is 0 Å². The maximum Gasteiger partial charge on any atom is 0.272 e. The number of fused-ring (bicyclic) bond motifs is 1. The van der Waals surface area contributed by atoms with Crippen molar-refractivity contribution in [2.45, 2.75) is 13.2 Å². The van der Waals surface area contributed by atoms with E-state index in [4.69, 9.17) is 4.74 Å². The average molecular weight is 434 g/mol. The van der Waals surface area contributed by atoms with E-state index in [0.717, 1.165) is 39.2 Å². The largest absolute Gasteiger partial charge is 0.489 e. The van der Waals surface area contributed by atoms with Crippen LogP contribution < -0.4 is 10.1 Å². The third-order valence-electron chi connectivity index (χ3n) is 5.02. The fraction of sp³-hybridized carbons (Fsp3) is 0.167. The number of aromatic nitrogens is 1. The minimum atomic E-state index is -0.139. The summed E-state index contributed by atoms with van der Waals surface area (Å²) >= 11 is 1.62. The van der Waals surface area contributed by atoms with Gasteiger partial charge in [-0.1, -0.05) is 24.3 Å². The molecule has 2 aromatic carbocycles. The topological polar surface area (TPSA) is 63.6 Å². The van der Waals surface area contributed by atoms with Crippen molar-refractivity contribution < 1.29 is 14.3 Å². The van der Waals surface area contributed by atoms with Gasteiger partial charge in [0.15, 0.2) is 0 Å². The van der Waals surface area contributed by atoms with Crippen molar-refractivity contribution in [1.82, 2.24) is 9.47 Å². The number of carbonyl (C=O) groups excluding carboxylic acids is 2. The van der Waals surface area contributed by atoms with Gasteiger partial charge in [0.2, 0.25) is 6.41 Å². The molecule has 0 saturated heterocycles. The predicted molar refractivity (Wildman–Crippen MR) is 123 cm³/mol. The van der Waals surface area contributed by atoms with Gasteiger partial charge in [-0.3, -0.25) is 9.59 Å². The standard InChI is InChI=1S/C24H23N3O3S/c1-26(16-28)14-17-6-8-20(9-7-17)30-15-18-4-3-5-19(12-18)25-24(29)22-13-23-21(27(22)2)10-11-31-23/h3-13,16H,14-15H2,1-2H3,(H,25,29). The fourth-order valence-electron chi connectivity index (χ4n) is 3.38. The zero-order valence-corrected chi connectivity index (χ0v) is 18.2. The maximum atomic E-state index is 12.7. The number of nitrogens with one attached hydrogen (secondary N) is 1. The summed E-state index contributed by atoms with van der Waals surface area (Å²) < 4.78 is 8.88. The van der Waals surface area contributed by atoms with Crippen LogP contribution in [0.4, 0.5) is 5.69 Å². The highest BCUT2D eigenvalue weighted by Gasteiger charge is 2.14. The monoisotopic (exact) mass is 433 g/mol. The van der Waals surface area contributed by atoms with E-state index < -0.39 is 0 Å². The molecule has 2 aromatic heterocycles. The van der Waals surface area contributed by atoms with E-state index >= 15 is 0 Å². The number of carbonyl (C=O) groups is 2. The molecule has 31 heavy (non-hydrogen) atoms. The second-order valence-corrected chi connectivity index (χ2v) is 8.31. The first-order valence-corrected chi connectivity index (χ1v) is 10.7. The van der Waals surface area contributed by atoms with Gasteiger partial charge in [0, 0.05) is 26.3 Å². The van der Waals surface area contributed by atoms with Crippen molar-refractivity contribution >= 4 is 39.6 Å². The molecule has 0 atom stereocenters. The first-order valence-electron chi connectivity index (χ1n) is 9.84. The number of rotatable bonds is 8. The molecular weight excluding hydrogens is 410 g/mol. The lowest BCUT2D eigenvalue weighted by molar-refractivity contribution is -0.117. The molecule has 0 fully saturated rings. The molecule has 0 aliphatic heterocycles. The van der Waals surface area contributed by atoms with Gasteiger partial charge in [0.05, 0.1) is 10.2 Å². The number of nitrogens with zero attached hydrogens (tertiary/aromatic N) is 2. The number of aryl methyl sites for hydroxylation is 1.